The number of hydrogen-bond donors (Lipinski definition) is 1. The molecule has 1 fully saturated rings. The Morgan fingerprint density at radius 2 is 2.36 bits per heavy atom. The molecule has 2 rings (SSSR count). The first kappa shape index (κ1) is 10.7. The lowest BCUT2D eigenvalue weighted by molar-refractivity contribution is 0.592. The number of amidine groups is 1. The highest BCUT2D eigenvalue weighted by atomic mass is 32.2. The SMILES string of the molecule is CC1(CNC2=NCCCS2)CCCS1. The number of hydrogen-bond acceptors (Lipinski definition) is 4. The summed E-state index contributed by atoms with van der Waals surface area (Å²) in [7, 11) is 0. The van der Waals surface area contributed by atoms with Crippen LogP contribution in [0.2, 0.25) is 0 Å². The predicted octanol–water partition coefficient (Wildman–Crippen LogP) is 2.35. The topological polar surface area (TPSA) is 24.4 Å². The molecule has 1 atom stereocenters. The number of aliphatic imine (C=N–C) groups is 1. The quantitative estimate of drug-likeness (QED) is 0.788. The molecule has 0 amide bonds. The first-order valence-corrected chi connectivity index (χ1v) is 7.31. The molecule has 1 N–H and O–H groups in total. The summed E-state index contributed by atoms with van der Waals surface area (Å²) in [6.07, 6.45) is 3.97. The van der Waals surface area contributed by atoms with Crippen LogP contribution in [-0.4, -0.2) is 34.5 Å². The van der Waals surface area contributed by atoms with Gasteiger partial charge >= 0.3 is 0 Å². The summed E-state index contributed by atoms with van der Waals surface area (Å²) in [5.74, 6) is 2.56. The number of thioether (sulfide) groups is 2. The smallest absolute Gasteiger partial charge is 0.156 e. The highest BCUT2D eigenvalue weighted by molar-refractivity contribution is 8.13. The lowest BCUT2D eigenvalue weighted by Crippen LogP contribution is -2.36. The molecular weight excluding hydrogens is 212 g/mol. The molecule has 0 aromatic rings. The molecule has 2 aliphatic heterocycles. The summed E-state index contributed by atoms with van der Waals surface area (Å²) in [6.45, 7) is 4.47. The third-order valence-corrected chi connectivity index (χ3v) is 5.29. The van der Waals surface area contributed by atoms with Gasteiger partial charge in [0.2, 0.25) is 0 Å². The van der Waals surface area contributed by atoms with Crippen LogP contribution in [0, 0.1) is 0 Å². The Morgan fingerprint density at radius 1 is 1.43 bits per heavy atom. The Bertz CT molecular complexity index is 222. The van der Waals surface area contributed by atoms with Gasteiger partial charge in [0.05, 0.1) is 0 Å². The fourth-order valence-electron chi connectivity index (χ4n) is 1.81. The average molecular weight is 230 g/mol. The first-order valence-electron chi connectivity index (χ1n) is 5.34. The van der Waals surface area contributed by atoms with Crippen LogP contribution in [0.4, 0.5) is 0 Å². The molecule has 0 aromatic heterocycles. The van der Waals surface area contributed by atoms with E-state index in [2.05, 4.69) is 29.0 Å². The lowest BCUT2D eigenvalue weighted by atomic mass is 10.1. The van der Waals surface area contributed by atoms with Gasteiger partial charge in [-0.05, 0) is 31.9 Å². The van der Waals surface area contributed by atoms with E-state index in [0.29, 0.717) is 4.75 Å². The van der Waals surface area contributed by atoms with E-state index in [-0.39, 0.29) is 0 Å². The third kappa shape index (κ3) is 2.83. The lowest BCUT2D eigenvalue weighted by Gasteiger charge is -2.24. The molecule has 0 saturated carbocycles. The van der Waals surface area contributed by atoms with E-state index in [1.165, 1.54) is 35.9 Å². The maximum absolute atomic E-state index is 4.48. The second-order valence-corrected chi connectivity index (χ2v) is 6.91. The summed E-state index contributed by atoms with van der Waals surface area (Å²) in [5.41, 5.74) is 0. The summed E-state index contributed by atoms with van der Waals surface area (Å²) < 4.78 is 0.459. The highest BCUT2D eigenvalue weighted by Gasteiger charge is 2.29. The zero-order valence-electron chi connectivity index (χ0n) is 8.71. The van der Waals surface area contributed by atoms with E-state index >= 15 is 0 Å². The van der Waals surface area contributed by atoms with Gasteiger partial charge in [0.25, 0.3) is 0 Å². The minimum absolute atomic E-state index is 0.459. The fourth-order valence-corrected chi connectivity index (χ4v) is 3.87. The fraction of sp³-hybridized carbons (Fsp3) is 0.900. The molecular formula is C10H18N2S2. The number of nitrogens with one attached hydrogen (secondary N) is 1. The van der Waals surface area contributed by atoms with E-state index in [1.54, 1.807) is 0 Å². The highest BCUT2D eigenvalue weighted by Crippen LogP contribution is 2.37. The van der Waals surface area contributed by atoms with Crippen molar-refractivity contribution >= 4 is 28.7 Å². The summed E-state index contributed by atoms with van der Waals surface area (Å²) in [5, 5.41) is 4.67. The maximum Gasteiger partial charge on any atom is 0.156 e. The van der Waals surface area contributed by atoms with E-state index in [0.717, 1.165) is 13.1 Å². The van der Waals surface area contributed by atoms with Crippen LogP contribution in [0.3, 0.4) is 0 Å². The van der Waals surface area contributed by atoms with Crippen LogP contribution < -0.4 is 5.32 Å². The van der Waals surface area contributed by atoms with Crippen molar-refractivity contribution in [2.75, 3.05) is 24.6 Å². The van der Waals surface area contributed by atoms with Crippen LogP contribution in [-0.2, 0) is 0 Å². The molecule has 0 aliphatic carbocycles. The van der Waals surface area contributed by atoms with E-state index in [4.69, 9.17) is 0 Å². The molecule has 2 heterocycles. The standard InChI is InChI=1S/C10H18N2S2/c1-10(4-2-7-14-10)8-12-9-11-5-3-6-13-9/h2-8H2,1H3,(H,11,12). The Kier molecular flexibility index (Phi) is 3.66. The molecule has 0 spiro atoms. The van der Waals surface area contributed by atoms with Crippen molar-refractivity contribution in [3.8, 4) is 0 Å². The normalized spacial score (nSPS) is 32.8. The van der Waals surface area contributed by atoms with Crippen molar-refractivity contribution in [3.05, 3.63) is 0 Å². The van der Waals surface area contributed by atoms with Gasteiger partial charge in [-0.2, -0.15) is 11.8 Å². The van der Waals surface area contributed by atoms with Crippen LogP contribution in [0.1, 0.15) is 26.2 Å². The molecule has 0 aromatic carbocycles. The second kappa shape index (κ2) is 4.79. The number of nitrogens with zero attached hydrogens (tertiary/aromatic N) is 1. The third-order valence-electron chi connectivity index (χ3n) is 2.71. The second-order valence-electron chi connectivity index (χ2n) is 4.14. The van der Waals surface area contributed by atoms with Crippen molar-refractivity contribution in [2.45, 2.75) is 30.9 Å². The minimum Gasteiger partial charge on any atom is -0.364 e. The maximum atomic E-state index is 4.48. The van der Waals surface area contributed by atoms with E-state index < -0.39 is 0 Å². The monoisotopic (exact) mass is 230 g/mol. The Labute approximate surface area is 94.7 Å². The van der Waals surface area contributed by atoms with Crippen LogP contribution in [0.15, 0.2) is 4.99 Å². The molecule has 0 radical (unpaired) electrons. The van der Waals surface area contributed by atoms with Gasteiger partial charge in [0.15, 0.2) is 5.17 Å². The Morgan fingerprint density at radius 3 is 3.00 bits per heavy atom. The van der Waals surface area contributed by atoms with E-state index in [9.17, 15) is 0 Å². The van der Waals surface area contributed by atoms with Crippen LogP contribution >= 0.6 is 23.5 Å². The molecule has 80 valence electrons. The summed E-state index contributed by atoms with van der Waals surface area (Å²) in [6, 6.07) is 0. The zero-order chi connectivity index (χ0) is 9.86. The van der Waals surface area contributed by atoms with Crippen molar-refractivity contribution in [2.24, 2.45) is 4.99 Å². The molecule has 1 unspecified atom stereocenters. The van der Waals surface area contributed by atoms with Gasteiger partial charge in [-0.15, -0.1) is 0 Å². The van der Waals surface area contributed by atoms with Gasteiger partial charge < -0.3 is 5.32 Å². The van der Waals surface area contributed by atoms with Gasteiger partial charge in [-0.25, -0.2) is 0 Å². The van der Waals surface area contributed by atoms with E-state index in [1.807, 2.05) is 11.8 Å². The largest absolute Gasteiger partial charge is 0.364 e. The van der Waals surface area contributed by atoms with Gasteiger partial charge in [-0.1, -0.05) is 11.8 Å². The van der Waals surface area contributed by atoms with Crippen molar-refractivity contribution in [1.82, 2.24) is 5.32 Å². The van der Waals surface area contributed by atoms with Crippen LogP contribution in [0.5, 0.6) is 0 Å². The molecule has 4 heteroatoms. The van der Waals surface area contributed by atoms with Crippen molar-refractivity contribution < 1.29 is 0 Å². The minimum atomic E-state index is 0.459. The molecule has 14 heavy (non-hydrogen) atoms. The molecule has 2 aliphatic rings. The summed E-state index contributed by atoms with van der Waals surface area (Å²) in [4.78, 5) is 4.48. The Hall–Kier alpha value is 0.170. The predicted molar refractivity (Wildman–Crippen MR) is 67.5 cm³/mol. The van der Waals surface area contributed by atoms with Crippen molar-refractivity contribution in [1.29, 1.82) is 0 Å². The zero-order valence-corrected chi connectivity index (χ0v) is 10.3. The molecule has 1 saturated heterocycles. The van der Waals surface area contributed by atoms with Gasteiger partial charge in [0, 0.05) is 23.6 Å². The summed E-state index contributed by atoms with van der Waals surface area (Å²) >= 11 is 3.98. The average Bonchev–Trinajstić information content (AvgIpc) is 2.65. The number of rotatable bonds is 2. The Balaban J connectivity index is 1.78. The first-order chi connectivity index (χ1) is 6.79. The molecule has 0 bridgehead atoms. The van der Waals surface area contributed by atoms with Gasteiger partial charge in [-0.3, -0.25) is 4.99 Å². The molecule has 2 nitrogen and oxygen atoms in total. The van der Waals surface area contributed by atoms with Crippen molar-refractivity contribution in [3.63, 3.8) is 0 Å². The van der Waals surface area contributed by atoms with Gasteiger partial charge in [0.1, 0.15) is 0 Å². The van der Waals surface area contributed by atoms with Crippen LogP contribution in [0.25, 0.3) is 0 Å².